The molecule has 6 heteroatoms. The number of nitrogens with one attached hydrogen (secondary N) is 1. The molecule has 1 amide bonds. The predicted molar refractivity (Wildman–Crippen MR) is 73.2 cm³/mol. The smallest absolute Gasteiger partial charge is 0.260 e. The Labute approximate surface area is 118 Å². The van der Waals surface area contributed by atoms with Crippen LogP contribution in [0.5, 0.6) is 5.75 Å². The molecule has 0 bridgehead atoms. The number of ether oxygens (including phenoxy) is 1. The third-order valence-corrected chi connectivity index (χ3v) is 2.90. The zero-order valence-electron chi connectivity index (χ0n) is 10.8. The van der Waals surface area contributed by atoms with E-state index in [4.69, 9.17) is 4.74 Å². The number of nitrogens with zero attached hydrogens (tertiary/aromatic N) is 1. The van der Waals surface area contributed by atoms with E-state index < -0.39 is 0 Å². The fourth-order valence-corrected chi connectivity index (χ4v) is 1.93. The average molecular weight is 289 g/mol. The minimum Gasteiger partial charge on any atom is -0.484 e. The summed E-state index contributed by atoms with van der Waals surface area (Å²) in [4.78, 5) is 13.7. The van der Waals surface area contributed by atoms with E-state index in [9.17, 15) is 9.18 Å². The number of rotatable bonds is 3. The van der Waals surface area contributed by atoms with Gasteiger partial charge in [-0.05, 0) is 31.2 Å². The van der Waals surface area contributed by atoms with Crippen molar-refractivity contribution in [1.82, 2.24) is 10.2 Å². The predicted octanol–water partition coefficient (Wildman–Crippen LogP) is 1.45. The second kappa shape index (κ2) is 7.31. The van der Waals surface area contributed by atoms with E-state index in [2.05, 4.69) is 5.32 Å². The second-order valence-electron chi connectivity index (χ2n) is 4.44. The van der Waals surface area contributed by atoms with Gasteiger partial charge >= 0.3 is 0 Å². The Kier molecular flexibility index (Phi) is 6.05. The molecule has 19 heavy (non-hydrogen) atoms. The number of halogens is 2. The monoisotopic (exact) mass is 288 g/mol. The van der Waals surface area contributed by atoms with Crippen molar-refractivity contribution < 1.29 is 13.9 Å². The summed E-state index contributed by atoms with van der Waals surface area (Å²) in [5.41, 5.74) is 0. The van der Waals surface area contributed by atoms with Crippen molar-refractivity contribution >= 4 is 18.3 Å². The van der Waals surface area contributed by atoms with Crippen molar-refractivity contribution in [2.24, 2.45) is 0 Å². The van der Waals surface area contributed by atoms with E-state index in [1.807, 2.05) is 6.92 Å². The Balaban J connectivity index is 0.00000180. The van der Waals surface area contributed by atoms with Crippen LogP contribution in [0.3, 0.4) is 0 Å². The van der Waals surface area contributed by atoms with Gasteiger partial charge in [-0.25, -0.2) is 4.39 Å². The summed E-state index contributed by atoms with van der Waals surface area (Å²) in [6, 6.07) is 5.97. The summed E-state index contributed by atoms with van der Waals surface area (Å²) in [7, 11) is 0. The first-order valence-electron chi connectivity index (χ1n) is 6.04. The van der Waals surface area contributed by atoms with E-state index in [0.717, 1.165) is 6.54 Å². The van der Waals surface area contributed by atoms with Crippen LogP contribution in [-0.2, 0) is 4.79 Å². The van der Waals surface area contributed by atoms with Crippen molar-refractivity contribution in [3.63, 3.8) is 0 Å². The molecule has 1 aliphatic rings. The van der Waals surface area contributed by atoms with Crippen LogP contribution in [0.25, 0.3) is 0 Å². The largest absolute Gasteiger partial charge is 0.484 e. The van der Waals surface area contributed by atoms with Crippen molar-refractivity contribution in [3.8, 4) is 5.75 Å². The lowest BCUT2D eigenvalue weighted by atomic mass is 10.2. The van der Waals surface area contributed by atoms with Gasteiger partial charge in [-0.3, -0.25) is 4.79 Å². The van der Waals surface area contributed by atoms with E-state index in [0.29, 0.717) is 24.9 Å². The number of carbonyl (C=O) groups excluding carboxylic acids is 1. The van der Waals surface area contributed by atoms with Gasteiger partial charge in [0.25, 0.3) is 5.91 Å². The highest BCUT2D eigenvalue weighted by Gasteiger charge is 2.20. The number of amides is 1. The highest BCUT2D eigenvalue weighted by Crippen LogP contribution is 2.11. The molecule has 1 aliphatic heterocycles. The summed E-state index contributed by atoms with van der Waals surface area (Å²) in [5.74, 6) is 0.158. The summed E-state index contributed by atoms with van der Waals surface area (Å²) < 4.78 is 18.0. The van der Waals surface area contributed by atoms with E-state index in [1.54, 1.807) is 4.90 Å². The van der Waals surface area contributed by atoms with Crippen LogP contribution in [0.4, 0.5) is 4.39 Å². The van der Waals surface area contributed by atoms with Crippen LogP contribution in [0.2, 0.25) is 0 Å². The van der Waals surface area contributed by atoms with Crippen LogP contribution in [-0.4, -0.2) is 43.1 Å². The molecule has 1 N–H and O–H groups in total. The summed E-state index contributed by atoms with van der Waals surface area (Å²) in [5, 5.41) is 3.27. The SMILES string of the molecule is CC1CN(C(=O)COc2ccc(F)cc2)CCN1.Cl. The van der Waals surface area contributed by atoms with Crippen molar-refractivity contribution in [2.45, 2.75) is 13.0 Å². The Morgan fingerprint density at radius 3 is 2.79 bits per heavy atom. The molecule has 4 nitrogen and oxygen atoms in total. The van der Waals surface area contributed by atoms with E-state index in [1.165, 1.54) is 24.3 Å². The number of benzene rings is 1. The van der Waals surface area contributed by atoms with Gasteiger partial charge in [-0.15, -0.1) is 12.4 Å². The zero-order chi connectivity index (χ0) is 13.0. The molecule has 1 saturated heterocycles. The van der Waals surface area contributed by atoms with Gasteiger partial charge in [0.15, 0.2) is 6.61 Å². The molecule has 0 radical (unpaired) electrons. The maximum Gasteiger partial charge on any atom is 0.260 e. The summed E-state index contributed by atoms with van der Waals surface area (Å²) >= 11 is 0. The Bertz CT molecular complexity index is 414. The quantitative estimate of drug-likeness (QED) is 0.915. The Morgan fingerprint density at radius 1 is 1.47 bits per heavy atom. The molecule has 1 fully saturated rings. The first-order valence-corrected chi connectivity index (χ1v) is 6.04. The first kappa shape index (κ1) is 15.7. The lowest BCUT2D eigenvalue weighted by molar-refractivity contribution is -0.134. The van der Waals surface area contributed by atoms with Crippen LogP contribution >= 0.6 is 12.4 Å². The molecule has 2 rings (SSSR count). The Hall–Kier alpha value is -1.33. The molecular weight excluding hydrogens is 271 g/mol. The molecule has 0 aromatic heterocycles. The highest BCUT2D eigenvalue weighted by molar-refractivity contribution is 5.85. The molecule has 1 atom stereocenters. The van der Waals surface area contributed by atoms with Gasteiger partial charge in [0.1, 0.15) is 11.6 Å². The van der Waals surface area contributed by atoms with E-state index in [-0.39, 0.29) is 30.7 Å². The first-order chi connectivity index (χ1) is 8.65. The minimum absolute atomic E-state index is 0. The lowest BCUT2D eigenvalue weighted by Gasteiger charge is -2.31. The fourth-order valence-electron chi connectivity index (χ4n) is 1.93. The van der Waals surface area contributed by atoms with E-state index >= 15 is 0 Å². The van der Waals surface area contributed by atoms with Gasteiger partial charge in [-0.2, -0.15) is 0 Å². The fraction of sp³-hybridized carbons (Fsp3) is 0.462. The summed E-state index contributed by atoms with van der Waals surface area (Å²) in [6.45, 7) is 4.25. The van der Waals surface area contributed by atoms with Crippen molar-refractivity contribution in [1.29, 1.82) is 0 Å². The number of hydrogen-bond acceptors (Lipinski definition) is 3. The van der Waals surface area contributed by atoms with Crippen LogP contribution in [0.15, 0.2) is 24.3 Å². The third kappa shape index (κ3) is 4.69. The summed E-state index contributed by atoms with van der Waals surface area (Å²) in [6.07, 6.45) is 0. The number of piperazine rings is 1. The normalized spacial score (nSPS) is 18.6. The average Bonchev–Trinajstić information content (AvgIpc) is 2.38. The lowest BCUT2D eigenvalue weighted by Crippen LogP contribution is -2.52. The molecule has 1 aromatic rings. The second-order valence-corrected chi connectivity index (χ2v) is 4.44. The molecule has 1 heterocycles. The van der Waals surface area contributed by atoms with Gasteiger partial charge in [0, 0.05) is 25.7 Å². The van der Waals surface area contributed by atoms with Crippen LogP contribution < -0.4 is 10.1 Å². The molecule has 106 valence electrons. The standard InChI is InChI=1S/C13H17FN2O2.ClH/c1-10-8-16(7-6-15-10)13(17)9-18-12-4-2-11(14)3-5-12;/h2-5,10,15H,6-9H2,1H3;1H. The van der Waals surface area contributed by atoms with Crippen LogP contribution in [0, 0.1) is 5.82 Å². The number of carbonyl (C=O) groups is 1. The molecule has 1 unspecified atom stereocenters. The zero-order valence-corrected chi connectivity index (χ0v) is 11.6. The molecule has 1 aromatic carbocycles. The van der Waals surface area contributed by atoms with Gasteiger partial charge in [0.2, 0.25) is 0 Å². The van der Waals surface area contributed by atoms with Gasteiger partial charge in [-0.1, -0.05) is 0 Å². The highest BCUT2D eigenvalue weighted by atomic mass is 35.5. The van der Waals surface area contributed by atoms with Crippen LogP contribution in [0.1, 0.15) is 6.92 Å². The third-order valence-electron chi connectivity index (χ3n) is 2.90. The number of hydrogen-bond donors (Lipinski definition) is 1. The maximum absolute atomic E-state index is 12.7. The minimum atomic E-state index is -0.315. The van der Waals surface area contributed by atoms with Crippen molar-refractivity contribution in [3.05, 3.63) is 30.1 Å². The van der Waals surface area contributed by atoms with Gasteiger partial charge in [0.05, 0.1) is 0 Å². The topological polar surface area (TPSA) is 41.6 Å². The maximum atomic E-state index is 12.7. The molecule has 0 spiro atoms. The van der Waals surface area contributed by atoms with Crippen molar-refractivity contribution in [2.75, 3.05) is 26.2 Å². The molecule has 0 aliphatic carbocycles. The Morgan fingerprint density at radius 2 is 2.16 bits per heavy atom. The molecule has 0 saturated carbocycles. The molecular formula is C13H18ClFN2O2. The van der Waals surface area contributed by atoms with Gasteiger partial charge < -0.3 is 15.0 Å².